The zero-order chi connectivity index (χ0) is 8.97. The molecule has 0 aromatic carbocycles. The van der Waals surface area contributed by atoms with Crippen molar-refractivity contribution in [3.8, 4) is 0 Å². The van der Waals surface area contributed by atoms with Crippen LogP contribution in [0.2, 0.25) is 0 Å². The second kappa shape index (κ2) is 6.35. The molecule has 0 aliphatic carbocycles. The first kappa shape index (κ1) is 12.9. The van der Waals surface area contributed by atoms with Crippen LogP contribution in [-0.4, -0.2) is 11.0 Å². The van der Waals surface area contributed by atoms with Crippen LogP contribution in [-0.2, 0) is 6.42 Å². The van der Waals surface area contributed by atoms with Gasteiger partial charge in [0, 0.05) is 22.9 Å². The lowest BCUT2D eigenvalue weighted by Crippen LogP contribution is -2.21. The highest BCUT2D eigenvalue weighted by Gasteiger charge is 2.04. The molecule has 0 aliphatic rings. The summed E-state index contributed by atoms with van der Waals surface area (Å²) in [6.07, 6.45) is 5.52. The van der Waals surface area contributed by atoms with E-state index in [0.29, 0.717) is 0 Å². The molecule has 0 bridgehead atoms. The Bertz CT molecular complexity index is 255. The third-order valence-corrected chi connectivity index (χ3v) is 2.62. The summed E-state index contributed by atoms with van der Waals surface area (Å²) in [7, 11) is 0. The minimum Gasteiger partial charge on any atom is -0.327 e. The fourth-order valence-electron chi connectivity index (χ4n) is 0.987. The molecule has 1 rings (SSSR count). The van der Waals surface area contributed by atoms with Gasteiger partial charge in [0.2, 0.25) is 0 Å². The summed E-state index contributed by atoms with van der Waals surface area (Å²) in [4.78, 5) is 4.05. The average Bonchev–Trinajstić information content (AvgIpc) is 2.09. The van der Waals surface area contributed by atoms with Crippen molar-refractivity contribution in [2.45, 2.75) is 25.8 Å². The first-order valence-electron chi connectivity index (χ1n) is 4.08. The Morgan fingerprint density at radius 2 is 2.31 bits per heavy atom. The predicted molar refractivity (Wildman–Crippen MR) is 61.2 cm³/mol. The number of nitrogens with zero attached hydrogens (tertiary/aromatic N) is 1. The number of aromatic nitrogens is 1. The van der Waals surface area contributed by atoms with Gasteiger partial charge in [-0.3, -0.25) is 4.98 Å². The summed E-state index contributed by atoms with van der Waals surface area (Å²) in [6.45, 7) is 2.09. The molecular formula is C9H14BrClN2. The molecule has 1 aromatic heterocycles. The molecule has 2 nitrogen and oxygen atoms in total. The number of hydrogen-bond acceptors (Lipinski definition) is 2. The van der Waals surface area contributed by atoms with Crippen molar-refractivity contribution >= 4 is 28.3 Å². The molecule has 1 unspecified atom stereocenters. The van der Waals surface area contributed by atoms with E-state index >= 15 is 0 Å². The van der Waals surface area contributed by atoms with Gasteiger partial charge in [-0.25, -0.2) is 0 Å². The maximum atomic E-state index is 5.83. The second-order valence-corrected chi connectivity index (χ2v) is 3.69. The van der Waals surface area contributed by atoms with Crippen molar-refractivity contribution < 1.29 is 0 Å². The number of hydrogen-bond donors (Lipinski definition) is 1. The molecule has 74 valence electrons. The van der Waals surface area contributed by atoms with Gasteiger partial charge in [-0.1, -0.05) is 22.9 Å². The largest absolute Gasteiger partial charge is 0.327 e. The standard InChI is InChI=1S/C9H13BrN2.ClH/c1-2-8(11)5-7-6-12-4-3-9(7)10;/h3-4,6,8H,2,5,11H2,1H3;1H. The SMILES string of the molecule is CCC(N)Cc1cnccc1Br.Cl. The van der Waals surface area contributed by atoms with Gasteiger partial charge in [0.05, 0.1) is 0 Å². The quantitative estimate of drug-likeness (QED) is 0.912. The van der Waals surface area contributed by atoms with E-state index in [1.54, 1.807) is 6.20 Å². The lowest BCUT2D eigenvalue weighted by atomic mass is 10.1. The van der Waals surface area contributed by atoms with E-state index in [-0.39, 0.29) is 18.4 Å². The number of pyridine rings is 1. The smallest absolute Gasteiger partial charge is 0.0311 e. The van der Waals surface area contributed by atoms with Gasteiger partial charge >= 0.3 is 0 Å². The molecule has 0 saturated heterocycles. The molecule has 0 aliphatic heterocycles. The van der Waals surface area contributed by atoms with Gasteiger partial charge in [0.25, 0.3) is 0 Å². The highest BCUT2D eigenvalue weighted by Crippen LogP contribution is 2.16. The maximum absolute atomic E-state index is 5.83. The van der Waals surface area contributed by atoms with E-state index in [2.05, 4.69) is 27.8 Å². The highest BCUT2D eigenvalue weighted by molar-refractivity contribution is 9.10. The minimum atomic E-state index is 0. The summed E-state index contributed by atoms with van der Waals surface area (Å²) in [5.41, 5.74) is 7.01. The zero-order valence-corrected chi connectivity index (χ0v) is 9.94. The lowest BCUT2D eigenvalue weighted by molar-refractivity contribution is 0.644. The lowest BCUT2D eigenvalue weighted by Gasteiger charge is -2.08. The van der Waals surface area contributed by atoms with Crippen LogP contribution in [0, 0.1) is 0 Å². The summed E-state index contributed by atoms with van der Waals surface area (Å²) in [5.74, 6) is 0. The van der Waals surface area contributed by atoms with Gasteiger partial charge in [-0.15, -0.1) is 12.4 Å². The summed E-state index contributed by atoms with van der Waals surface area (Å²) in [6, 6.07) is 2.18. The average molecular weight is 266 g/mol. The van der Waals surface area contributed by atoms with Crippen molar-refractivity contribution in [3.05, 3.63) is 28.5 Å². The fourth-order valence-corrected chi connectivity index (χ4v) is 1.37. The first-order chi connectivity index (χ1) is 5.74. The van der Waals surface area contributed by atoms with E-state index in [4.69, 9.17) is 5.73 Å². The van der Waals surface area contributed by atoms with Gasteiger partial charge < -0.3 is 5.73 Å². The van der Waals surface area contributed by atoms with Crippen LogP contribution in [0.5, 0.6) is 0 Å². The number of rotatable bonds is 3. The molecule has 0 fully saturated rings. The summed E-state index contributed by atoms with van der Waals surface area (Å²) in [5, 5.41) is 0. The van der Waals surface area contributed by atoms with Crippen molar-refractivity contribution in [2.75, 3.05) is 0 Å². The molecular weight excluding hydrogens is 251 g/mol. The summed E-state index contributed by atoms with van der Waals surface area (Å²) >= 11 is 3.46. The van der Waals surface area contributed by atoms with Crippen LogP contribution in [0.1, 0.15) is 18.9 Å². The third-order valence-electron chi connectivity index (χ3n) is 1.85. The molecule has 0 saturated carbocycles. The first-order valence-corrected chi connectivity index (χ1v) is 4.87. The highest BCUT2D eigenvalue weighted by atomic mass is 79.9. The third kappa shape index (κ3) is 4.07. The topological polar surface area (TPSA) is 38.9 Å². The van der Waals surface area contributed by atoms with Crippen LogP contribution < -0.4 is 5.73 Å². The van der Waals surface area contributed by atoms with Crippen molar-refractivity contribution in [3.63, 3.8) is 0 Å². The summed E-state index contributed by atoms with van der Waals surface area (Å²) < 4.78 is 1.10. The maximum Gasteiger partial charge on any atom is 0.0311 e. The van der Waals surface area contributed by atoms with Crippen LogP contribution in [0.25, 0.3) is 0 Å². The fraction of sp³-hybridized carbons (Fsp3) is 0.444. The Kier molecular flexibility index (Phi) is 6.29. The molecule has 1 atom stereocenters. The van der Waals surface area contributed by atoms with Gasteiger partial charge in [-0.05, 0) is 24.5 Å². The van der Waals surface area contributed by atoms with Crippen molar-refractivity contribution in [1.82, 2.24) is 4.98 Å². The molecule has 0 amide bonds. The molecule has 13 heavy (non-hydrogen) atoms. The Hall–Kier alpha value is -0.120. The van der Waals surface area contributed by atoms with Gasteiger partial charge in [0.1, 0.15) is 0 Å². The molecule has 4 heteroatoms. The number of halogens is 2. The molecule has 0 spiro atoms. The van der Waals surface area contributed by atoms with E-state index in [1.807, 2.05) is 12.3 Å². The van der Waals surface area contributed by atoms with Gasteiger partial charge in [-0.2, -0.15) is 0 Å². The normalized spacial score (nSPS) is 11.9. The molecule has 1 aromatic rings. The Labute approximate surface area is 93.5 Å². The predicted octanol–water partition coefficient (Wildman–Crippen LogP) is 2.55. The minimum absolute atomic E-state index is 0. The zero-order valence-electron chi connectivity index (χ0n) is 7.53. The second-order valence-electron chi connectivity index (χ2n) is 2.84. The van der Waals surface area contributed by atoms with Gasteiger partial charge in [0.15, 0.2) is 0 Å². The van der Waals surface area contributed by atoms with Crippen molar-refractivity contribution in [1.29, 1.82) is 0 Å². The molecule has 0 radical (unpaired) electrons. The van der Waals surface area contributed by atoms with Crippen LogP contribution in [0.4, 0.5) is 0 Å². The number of nitrogens with two attached hydrogens (primary N) is 1. The van der Waals surface area contributed by atoms with E-state index in [0.717, 1.165) is 17.3 Å². The van der Waals surface area contributed by atoms with E-state index in [1.165, 1.54) is 5.56 Å². The van der Waals surface area contributed by atoms with Crippen LogP contribution in [0.3, 0.4) is 0 Å². The monoisotopic (exact) mass is 264 g/mol. The molecule has 1 heterocycles. The Balaban J connectivity index is 0.00000144. The molecule has 2 N–H and O–H groups in total. The van der Waals surface area contributed by atoms with Crippen molar-refractivity contribution in [2.24, 2.45) is 5.73 Å². The van der Waals surface area contributed by atoms with E-state index < -0.39 is 0 Å². The van der Waals surface area contributed by atoms with E-state index in [9.17, 15) is 0 Å². The van der Waals surface area contributed by atoms with Crippen LogP contribution in [0.15, 0.2) is 22.9 Å². The Morgan fingerprint density at radius 1 is 1.62 bits per heavy atom. The Morgan fingerprint density at radius 3 is 2.85 bits per heavy atom. The van der Waals surface area contributed by atoms with Crippen LogP contribution >= 0.6 is 28.3 Å².